The standard InChI is InChI=1S/C63H122N5O8P/c1-5-9-13-17-23-31-40-60(41-32-24-18-14-10-6-2)75-62(69)44-35-27-21-29-37-55-72-77(71,74-57-39-48-66(51-53-67-49-46-64-58-67)52-54-68-50-47-65-59-68)73-56-38-30-22-28-36-45-63(70)76-61(42-33-25-19-15-11-7-3)43-34-26-20-16-12-8-4/h58-61H,5-57H2,1-4H3. The van der Waals surface area contributed by atoms with E-state index in [0.717, 1.165) is 174 Å². The summed E-state index contributed by atoms with van der Waals surface area (Å²) in [6.07, 6.45) is 48.6. The molecular formula is C63H122N5O8P. The van der Waals surface area contributed by atoms with Crippen LogP contribution in [0.25, 0.3) is 0 Å². The van der Waals surface area contributed by atoms with E-state index in [-0.39, 0.29) is 30.8 Å². The van der Waals surface area contributed by atoms with E-state index in [9.17, 15) is 14.2 Å². The maximum Gasteiger partial charge on any atom is 0.474 e. The van der Waals surface area contributed by atoms with E-state index < -0.39 is 7.82 Å². The Kier molecular flexibility index (Phi) is 48.0. The van der Waals surface area contributed by atoms with Crippen LogP contribution in [0, 0.1) is 0 Å². The van der Waals surface area contributed by atoms with Gasteiger partial charge in [0, 0.05) is 58.7 Å². The fourth-order valence-corrected chi connectivity index (χ4v) is 11.7. The van der Waals surface area contributed by atoms with Gasteiger partial charge in [0.05, 0.1) is 45.6 Å². The summed E-state index contributed by atoms with van der Waals surface area (Å²) in [5, 5.41) is 0. The first-order chi connectivity index (χ1) is 37.8. The smallest absolute Gasteiger partial charge is 0.462 e. The molecule has 0 aromatic rings. The number of hydrogen-bond donors (Lipinski definition) is 0. The number of carbonyl (C=O) groups excluding carboxylic acids is 2. The lowest BCUT2D eigenvalue weighted by Gasteiger charge is -2.27. The fraction of sp³-hybridized carbons (Fsp3) is 0.937. The van der Waals surface area contributed by atoms with Crippen molar-refractivity contribution in [2.45, 2.75) is 303 Å². The molecule has 14 heteroatoms. The lowest BCUT2D eigenvalue weighted by Crippen LogP contribution is -2.39. The van der Waals surface area contributed by atoms with Gasteiger partial charge in [0.25, 0.3) is 0 Å². The zero-order valence-electron chi connectivity index (χ0n) is 50.7. The number of rotatable bonds is 59. The second kappa shape index (κ2) is 52.1. The van der Waals surface area contributed by atoms with Gasteiger partial charge in [-0.1, -0.05) is 195 Å². The molecule has 77 heavy (non-hydrogen) atoms. The second-order valence-electron chi connectivity index (χ2n) is 22.7. The third kappa shape index (κ3) is 43.4. The number of ether oxygens (including phenoxy) is 2. The Morgan fingerprint density at radius 2 is 0.740 bits per heavy atom. The molecule has 0 fully saturated rings. The van der Waals surface area contributed by atoms with Crippen LogP contribution in [-0.4, -0.2) is 130 Å². The van der Waals surface area contributed by atoms with Crippen molar-refractivity contribution in [3.05, 3.63) is 0 Å². The van der Waals surface area contributed by atoms with Crippen LogP contribution in [0.2, 0.25) is 0 Å². The van der Waals surface area contributed by atoms with Crippen molar-refractivity contribution in [1.29, 1.82) is 0 Å². The maximum atomic E-state index is 14.1. The van der Waals surface area contributed by atoms with E-state index in [1.165, 1.54) is 128 Å². The molecule has 0 spiro atoms. The normalized spacial score (nSPS) is 13.7. The van der Waals surface area contributed by atoms with Crippen molar-refractivity contribution >= 4 is 32.4 Å². The van der Waals surface area contributed by atoms with Gasteiger partial charge in [0.2, 0.25) is 0 Å². The van der Waals surface area contributed by atoms with Crippen LogP contribution in [0.4, 0.5) is 0 Å². The molecule has 0 saturated carbocycles. The number of unbranched alkanes of at least 4 members (excludes halogenated alkanes) is 28. The number of hydrogen-bond acceptors (Lipinski definition) is 13. The molecule has 0 aromatic carbocycles. The van der Waals surface area contributed by atoms with Crippen molar-refractivity contribution in [3.8, 4) is 0 Å². The van der Waals surface area contributed by atoms with Gasteiger partial charge >= 0.3 is 19.8 Å². The topological polar surface area (TPSA) is 132 Å². The molecule has 0 aromatic heterocycles. The average molecular weight is 1110 g/mol. The molecule has 0 saturated heterocycles. The molecule has 2 heterocycles. The summed E-state index contributed by atoms with van der Waals surface area (Å²) in [4.78, 5) is 41.7. The Hall–Kier alpha value is -2.05. The van der Waals surface area contributed by atoms with Crippen LogP contribution in [0.15, 0.2) is 9.98 Å². The highest BCUT2D eigenvalue weighted by molar-refractivity contribution is 7.48. The van der Waals surface area contributed by atoms with Gasteiger partial charge in [0.15, 0.2) is 0 Å². The third-order valence-corrected chi connectivity index (χ3v) is 17.0. The first kappa shape index (κ1) is 71.1. The van der Waals surface area contributed by atoms with Crippen LogP contribution in [0.1, 0.15) is 291 Å². The predicted octanol–water partition coefficient (Wildman–Crippen LogP) is 17.0. The number of aliphatic imine (C=N–C) groups is 2. The number of phosphoric ester groups is 1. The van der Waals surface area contributed by atoms with E-state index in [4.69, 9.17) is 23.0 Å². The highest BCUT2D eigenvalue weighted by Gasteiger charge is 2.27. The van der Waals surface area contributed by atoms with Crippen LogP contribution < -0.4 is 0 Å². The van der Waals surface area contributed by atoms with E-state index in [2.05, 4.69) is 52.4 Å². The van der Waals surface area contributed by atoms with E-state index >= 15 is 0 Å². The highest BCUT2D eigenvalue weighted by atomic mass is 31.2. The van der Waals surface area contributed by atoms with Crippen molar-refractivity contribution in [2.24, 2.45) is 9.98 Å². The van der Waals surface area contributed by atoms with Gasteiger partial charge in [-0.3, -0.25) is 38.0 Å². The van der Waals surface area contributed by atoms with Crippen molar-refractivity contribution in [1.82, 2.24) is 14.7 Å². The summed E-state index contributed by atoms with van der Waals surface area (Å²) in [6.45, 7) is 18.1. The Labute approximate surface area is 474 Å². The van der Waals surface area contributed by atoms with Gasteiger partial charge < -0.3 is 19.3 Å². The number of carbonyl (C=O) groups is 2. The van der Waals surface area contributed by atoms with Crippen LogP contribution >= 0.6 is 7.82 Å². The molecule has 2 rings (SSSR count). The maximum absolute atomic E-state index is 14.1. The molecule has 0 unspecified atom stereocenters. The van der Waals surface area contributed by atoms with Gasteiger partial charge in [-0.05, 0) is 83.5 Å². The molecule has 0 N–H and O–H groups in total. The lowest BCUT2D eigenvalue weighted by molar-refractivity contribution is -0.151. The molecule has 2 aliphatic heterocycles. The summed E-state index contributed by atoms with van der Waals surface area (Å²) in [6, 6.07) is 0. The largest absolute Gasteiger partial charge is 0.474 e. The van der Waals surface area contributed by atoms with E-state index in [0.29, 0.717) is 32.5 Å². The Morgan fingerprint density at radius 1 is 0.429 bits per heavy atom. The minimum Gasteiger partial charge on any atom is -0.462 e. The monoisotopic (exact) mass is 1110 g/mol. The Morgan fingerprint density at radius 3 is 1.08 bits per heavy atom. The number of phosphoric acid groups is 1. The first-order valence-electron chi connectivity index (χ1n) is 32.9. The minimum atomic E-state index is -3.78. The van der Waals surface area contributed by atoms with Gasteiger partial charge in [0.1, 0.15) is 12.2 Å². The fourth-order valence-electron chi connectivity index (χ4n) is 10.4. The molecule has 2 aliphatic rings. The molecule has 0 amide bonds. The van der Waals surface area contributed by atoms with E-state index in [1.54, 1.807) is 0 Å². The zero-order chi connectivity index (χ0) is 55.4. The Balaban J connectivity index is 1.81. The highest BCUT2D eigenvalue weighted by Crippen LogP contribution is 2.50. The summed E-state index contributed by atoms with van der Waals surface area (Å²) in [5.74, 6) is -0.0892. The predicted molar refractivity (Wildman–Crippen MR) is 324 cm³/mol. The van der Waals surface area contributed by atoms with Gasteiger partial charge in [-0.25, -0.2) is 4.57 Å². The zero-order valence-corrected chi connectivity index (χ0v) is 51.6. The van der Waals surface area contributed by atoms with Gasteiger partial charge in [-0.2, -0.15) is 0 Å². The third-order valence-electron chi connectivity index (χ3n) is 15.5. The molecular weight excluding hydrogens is 986 g/mol. The average Bonchev–Trinajstić information content (AvgIpc) is 4.17. The summed E-state index contributed by atoms with van der Waals surface area (Å²) < 4.78 is 44.3. The summed E-state index contributed by atoms with van der Waals surface area (Å²) in [7, 11) is -3.78. The quantitative estimate of drug-likeness (QED) is 0.0328. The van der Waals surface area contributed by atoms with Crippen molar-refractivity contribution in [2.75, 3.05) is 78.7 Å². The molecule has 13 nitrogen and oxygen atoms in total. The summed E-state index contributed by atoms with van der Waals surface area (Å²) >= 11 is 0. The first-order valence-corrected chi connectivity index (χ1v) is 34.4. The Bertz CT molecular complexity index is 1330. The molecule has 0 aliphatic carbocycles. The van der Waals surface area contributed by atoms with Crippen LogP contribution in [0.5, 0.6) is 0 Å². The minimum absolute atomic E-state index is 0.0446. The lowest BCUT2D eigenvalue weighted by atomic mass is 10.0. The number of esters is 2. The van der Waals surface area contributed by atoms with Crippen LogP contribution in [0.3, 0.4) is 0 Å². The van der Waals surface area contributed by atoms with Crippen molar-refractivity contribution < 1.29 is 37.2 Å². The summed E-state index contributed by atoms with van der Waals surface area (Å²) in [5.41, 5.74) is 0. The van der Waals surface area contributed by atoms with Gasteiger partial charge in [-0.15, -0.1) is 0 Å². The van der Waals surface area contributed by atoms with Crippen molar-refractivity contribution in [3.63, 3.8) is 0 Å². The SMILES string of the molecule is CCCCCCCCC(CCCCCCCC)OC(=O)CCCCCCCOP(=O)(OCCCCCCCC(=O)OC(CCCCCCCC)CCCCCCCC)OCCCN(CCN1C=NCC1)CCN1C=NCC1. The number of nitrogens with zero attached hydrogens (tertiary/aromatic N) is 5. The second-order valence-corrected chi connectivity index (χ2v) is 24.4. The molecule has 0 bridgehead atoms. The van der Waals surface area contributed by atoms with E-state index in [1.807, 2.05) is 12.7 Å². The van der Waals surface area contributed by atoms with Crippen LogP contribution in [-0.2, 0) is 37.2 Å². The molecule has 452 valence electrons. The molecule has 0 radical (unpaired) electrons. The molecule has 0 atom stereocenters.